The molecule has 0 radical (unpaired) electrons. The van der Waals surface area contributed by atoms with Crippen LogP contribution < -0.4 is 10.2 Å². The Morgan fingerprint density at radius 2 is 1.69 bits per heavy atom. The van der Waals surface area contributed by atoms with Gasteiger partial charge in [-0.2, -0.15) is 4.31 Å². The lowest BCUT2D eigenvalue weighted by molar-refractivity contribution is 0.0949. The lowest BCUT2D eigenvalue weighted by Gasteiger charge is -2.35. The SMILES string of the molecule is O=C(NCCCS(=O)(=O)N1CCN(c2ccccc2)CC1)c1ccc(F)cc1F. The maximum atomic E-state index is 13.6. The van der Waals surface area contributed by atoms with Crippen LogP contribution in [0.2, 0.25) is 0 Å². The minimum atomic E-state index is -3.43. The largest absolute Gasteiger partial charge is 0.369 e. The quantitative estimate of drug-likeness (QED) is 0.694. The average Bonchev–Trinajstić information content (AvgIpc) is 2.72. The Kier molecular flexibility index (Phi) is 6.81. The molecule has 1 amide bonds. The second-order valence-electron chi connectivity index (χ2n) is 6.77. The van der Waals surface area contributed by atoms with E-state index in [-0.39, 0.29) is 24.3 Å². The zero-order chi connectivity index (χ0) is 20.9. The van der Waals surface area contributed by atoms with Crippen molar-refractivity contribution in [3.05, 3.63) is 65.7 Å². The second kappa shape index (κ2) is 9.32. The van der Waals surface area contributed by atoms with Crippen LogP contribution in [0.3, 0.4) is 0 Å². The molecule has 156 valence electrons. The highest BCUT2D eigenvalue weighted by molar-refractivity contribution is 7.89. The van der Waals surface area contributed by atoms with E-state index in [4.69, 9.17) is 0 Å². The fourth-order valence-electron chi connectivity index (χ4n) is 3.22. The summed E-state index contributed by atoms with van der Waals surface area (Å²) in [5.41, 5.74) is 0.798. The summed E-state index contributed by atoms with van der Waals surface area (Å²) in [4.78, 5) is 14.1. The van der Waals surface area contributed by atoms with Crippen LogP contribution in [-0.4, -0.2) is 57.1 Å². The maximum Gasteiger partial charge on any atom is 0.254 e. The molecule has 1 aliphatic rings. The van der Waals surface area contributed by atoms with Crippen molar-refractivity contribution >= 4 is 21.6 Å². The number of carbonyl (C=O) groups is 1. The minimum absolute atomic E-state index is 0.0822. The summed E-state index contributed by atoms with van der Waals surface area (Å²) in [5.74, 6) is -2.52. The molecule has 29 heavy (non-hydrogen) atoms. The van der Waals surface area contributed by atoms with Crippen LogP contribution >= 0.6 is 0 Å². The number of sulfonamides is 1. The monoisotopic (exact) mass is 423 g/mol. The van der Waals surface area contributed by atoms with E-state index < -0.39 is 27.6 Å². The van der Waals surface area contributed by atoms with Gasteiger partial charge in [-0.25, -0.2) is 17.2 Å². The van der Waals surface area contributed by atoms with Crippen molar-refractivity contribution in [3.63, 3.8) is 0 Å². The number of benzene rings is 2. The number of hydrogen-bond donors (Lipinski definition) is 1. The Balaban J connectivity index is 1.44. The van der Waals surface area contributed by atoms with Crippen LogP contribution in [-0.2, 0) is 10.0 Å². The van der Waals surface area contributed by atoms with Gasteiger partial charge in [0.2, 0.25) is 10.0 Å². The fourth-order valence-corrected chi connectivity index (χ4v) is 4.70. The molecule has 0 bridgehead atoms. The van der Waals surface area contributed by atoms with Gasteiger partial charge in [-0.3, -0.25) is 4.79 Å². The number of nitrogens with one attached hydrogen (secondary N) is 1. The third kappa shape index (κ3) is 5.51. The van der Waals surface area contributed by atoms with Crippen molar-refractivity contribution in [2.75, 3.05) is 43.4 Å². The topological polar surface area (TPSA) is 69.7 Å². The van der Waals surface area contributed by atoms with E-state index in [0.29, 0.717) is 32.2 Å². The molecular weight excluding hydrogens is 400 g/mol. The van der Waals surface area contributed by atoms with E-state index in [0.717, 1.165) is 17.8 Å². The fraction of sp³-hybridized carbons (Fsp3) is 0.350. The van der Waals surface area contributed by atoms with Gasteiger partial charge in [0.1, 0.15) is 11.6 Å². The van der Waals surface area contributed by atoms with E-state index >= 15 is 0 Å². The molecule has 6 nitrogen and oxygen atoms in total. The summed E-state index contributed by atoms with van der Waals surface area (Å²) in [7, 11) is -3.43. The highest BCUT2D eigenvalue weighted by Crippen LogP contribution is 2.17. The number of para-hydroxylation sites is 1. The molecular formula is C20H23F2N3O3S. The molecule has 1 fully saturated rings. The zero-order valence-corrected chi connectivity index (χ0v) is 16.7. The van der Waals surface area contributed by atoms with Crippen LogP contribution in [0, 0.1) is 11.6 Å². The normalized spacial score (nSPS) is 15.3. The molecule has 0 unspecified atom stereocenters. The predicted molar refractivity (Wildman–Crippen MR) is 107 cm³/mol. The van der Waals surface area contributed by atoms with Gasteiger partial charge >= 0.3 is 0 Å². The number of nitrogens with zero attached hydrogens (tertiary/aromatic N) is 2. The summed E-state index contributed by atoms with van der Waals surface area (Å²) in [6.07, 6.45) is 0.204. The Labute approximate surface area is 169 Å². The van der Waals surface area contributed by atoms with Gasteiger partial charge in [0.15, 0.2) is 0 Å². The molecule has 1 heterocycles. The first kappa shape index (κ1) is 21.2. The number of hydrogen-bond acceptors (Lipinski definition) is 4. The van der Waals surface area contributed by atoms with Crippen LogP contribution in [0.25, 0.3) is 0 Å². The molecule has 0 saturated carbocycles. The van der Waals surface area contributed by atoms with Gasteiger partial charge < -0.3 is 10.2 Å². The average molecular weight is 423 g/mol. The van der Waals surface area contributed by atoms with Crippen LogP contribution in [0.4, 0.5) is 14.5 Å². The highest BCUT2D eigenvalue weighted by Gasteiger charge is 2.26. The Morgan fingerprint density at radius 3 is 2.34 bits per heavy atom. The van der Waals surface area contributed by atoms with Gasteiger partial charge in [0.05, 0.1) is 11.3 Å². The van der Waals surface area contributed by atoms with Crippen molar-refractivity contribution in [2.45, 2.75) is 6.42 Å². The van der Waals surface area contributed by atoms with Crippen molar-refractivity contribution in [1.29, 1.82) is 0 Å². The maximum absolute atomic E-state index is 13.6. The standard InChI is InChI=1S/C20H23F2N3O3S/c21-16-7-8-18(19(22)15-16)20(26)23-9-4-14-29(27,28)25-12-10-24(11-13-25)17-5-2-1-3-6-17/h1-3,5-8,15H,4,9-14H2,(H,23,26). The number of carbonyl (C=O) groups excluding carboxylic acids is 1. The van der Waals surface area contributed by atoms with Gasteiger partial charge in [0, 0.05) is 44.5 Å². The van der Waals surface area contributed by atoms with Gasteiger partial charge in [-0.15, -0.1) is 0 Å². The molecule has 0 atom stereocenters. The van der Waals surface area contributed by atoms with Crippen molar-refractivity contribution < 1.29 is 22.0 Å². The van der Waals surface area contributed by atoms with Crippen molar-refractivity contribution in [2.24, 2.45) is 0 Å². The van der Waals surface area contributed by atoms with E-state index in [1.54, 1.807) is 0 Å². The van der Waals surface area contributed by atoms with Gasteiger partial charge in [-0.1, -0.05) is 18.2 Å². The summed E-state index contributed by atoms with van der Waals surface area (Å²) >= 11 is 0. The van der Waals surface area contributed by atoms with Gasteiger partial charge in [-0.05, 0) is 30.7 Å². The Hall–Kier alpha value is -2.52. The highest BCUT2D eigenvalue weighted by atomic mass is 32.2. The summed E-state index contributed by atoms with van der Waals surface area (Å²) < 4.78 is 53.0. The van der Waals surface area contributed by atoms with E-state index in [2.05, 4.69) is 10.2 Å². The predicted octanol–water partition coefficient (Wildman–Crippen LogP) is 2.24. The number of anilines is 1. The summed E-state index contributed by atoms with van der Waals surface area (Å²) in [6, 6.07) is 12.5. The number of amides is 1. The van der Waals surface area contributed by atoms with Gasteiger partial charge in [0.25, 0.3) is 5.91 Å². The molecule has 3 rings (SSSR count). The molecule has 1 saturated heterocycles. The first-order valence-corrected chi connectivity index (χ1v) is 11.0. The third-order valence-electron chi connectivity index (χ3n) is 4.79. The number of halogens is 2. The van der Waals surface area contributed by atoms with Crippen molar-refractivity contribution in [3.8, 4) is 0 Å². The first-order valence-electron chi connectivity index (χ1n) is 9.38. The molecule has 0 aromatic heterocycles. The smallest absolute Gasteiger partial charge is 0.254 e. The third-order valence-corrected chi connectivity index (χ3v) is 6.75. The first-order chi connectivity index (χ1) is 13.9. The zero-order valence-electron chi connectivity index (χ0n) is 15.9. The van der Waals surface area contributed by atoms with Crippen LogP contribution in [0.15, 0.2) is 48.5 Å². The molecule has 2 aromatic rings. The molecule has 1 N–H and O–H groups in total. The molecule has 2 aromatic carbocycles. The van der Waals surface area contributed by atoms with E-state index in [9.17, 15) is 22.0 Å². The van der Waals surface area contributed by atoms with Crippen molar-refractivity contribution in [1.82, 2.24) is 9.62 Å². The molecule has 1 aliphatic heterocycles. The summed E-state index contributed by atoms with van der Waals surface area (Å²) in [5, 5.41) is 2.47. The molecule has 0 spiro atoms. The Morgan fingerprint density at radius 1 is 1.00 bits per heavy atom. The van der Waals surface area contributed by atoms with E-state index in [1.807, 2.05) is 30.3 Å². The van der Waals surface area contributed by atoms with E-state index in [1.165, 1.54) is 4.31 Å². The minimum Gasteiger partial charge on any atom is -0.369 e. The lowest BCUT2D eigenvalue weighted by atomic mass is 10.2. The second-order valence-corrected chi connectivity index (χ2v) is 8.86. The van der Waals surface area contributed by atoms with Crippen LogP contribution in [0.5, 0.6) is 0 Å². The van der Waals surface area contributed by atoms with Crippen LogP contribution in [0.1, 0.15) is 16.8 Å². The Bertz CT molecular complexity index is 947. The number of piperazine rings is 1. The lowest BCUT2D eigenvalue weighted by Crippen LogP contribution is -2.49. The molecule has 0 aliphatic carbocycles. The number of rotatable bonds is 7. The summed E-state index contributed by atoms with van der Waals surface area (Å²) in [6.45, 7) is 2.13. The molecule has 9 heteroatoms.